The maximum atomic E-state index is 13.5. The Morgan fingerprint density at radius 3 is 2.70 bits per heavy atom. The van der Waals surface area contributed by atoms with E-state index < -0.39 is 4.92 Å². The Balaban J connectivity index is 1.50. The number of nitrogens with zero attached hydrogens (tertiary/aromatic N) is 4. The molecule has 1 aliphatic carbocycles. The fourth-order valence-corrected chi connectivity index (χ4v) is 5.05. The lowest BCUT2D eigenvalue weighted by molar-refractivity contribution is -0.384. The molecule has 3 aromatic carbocycles. The Bertz CT molecular complexity index is 1540. The molecule has 1 fully saturated rings. The van der Waals surface area contributed by atoms with E-state index in [9.17, 15) is 14.9 Å². The van der Waals surface area contributed by atoms with Crippen molar-refractivity contribution in [2.24, 2.45) is 5.10 Å². The van der Waals surface area contributed by atoms with Gasteiger partial charge in [-0.25, -0.2) is 4.98 Å². The number of nitro groups is 1. The van der Waals surface area contributed by atoms with E-state index >= 15 is 0 Å². The molecule has 0 amide bonds. The molecule has 1 saturated carbocycles. The third-order valence-corrected chi connectivity index (χ3v) is 7.04. The summed E-state index contributed by atoms with van der Waals surface area (Å²) in [7, 11) is 0. The lowest BCUT2D eigenvalue weighted by Crippen LogP contribution is -2.25. The molecule has 37 heavy (non-hydrogen) atoms. The van der Waals surface area contributed by atoms with Gasteiger partial charge in [0.1, 0.15) is 18.2 Å². The molecule has 0 N–H and O–H groups in total. The number of fused-ring (bicyclic) bond motifs is 1. The van der Waals surface area contributed by atoms with Crippen LogP contribution in [0.2, 0.25) is 0 Å². The van der Waals surface area contributed by atoms with Crippen molar-refractivity contribution < 1.29 is 9.66 Å². The lowest BCUT2D eigenvalue weighted by atomic mass is 9.88. The van der Waals surface area contributed by atoms with Crippen molar-refractivity contribution in [3.8, 4) is 5.75 Å². The van der Waals surface area contributed by atoms with Crippen LogP contribution >= 0.6 is 15.9 Å². The smallest absolute Gasteiger partial charge is 0.282 e. The third kappa shape index (κ3) is 5.61. The molecule has 0 unspecified atom stereocenters. The van der Waals surface area contributed by atoms with Crippen LogP contribution < -0.4 is 10.3 Å². The molecule has 0 radical (unpaired) electrons. The number of non-ortho nitro benzene ring substituents is 1. The first-order valence-electron chi connectivity index (χ1n) is 12.2. The number of hydrogen-bond acceptors (Lipinski definition) is 6. The second kappa shape index (κ2) is 11.0. The first-order valence-corrected chi connectivity index (χ1v) is 13.0. The summed E-state index contributed by atoms with van der Waals surface area (Å²) in [6.45, 7) is 0.148. The summed E-state index contributed by atoms with van der Waals surface area (Å²) in [5, 5.41) is 16.2. The van der Waals surface area contributed by atoms with Gasteiger partial charge in [-0.05, 0) is 48.7 Å². The van der Waals surface area contributed by atoms with Crippen molar-refractivity contribution in [3.63, 3.8) is 0 Å². The zero-order chi connectivity index (χ0) is 25.8. The Morgan fingerprint density at radius 1 is 1.08 bits per heavy atom. The molecule has 1 heterocycles. The Kier molecular flexibility index (Phi) is 7.41. The van der Waals surface area contributed by atoms with E-state index in [1.807, 2.05) is 30.3 Å². The molecule has 188 valence electrons. The molecule has 0 bridgehead atoms. The van der Waals surface area contributed by atoms with Crippen LogP contribution in [0.25, 0.3) is 10.9 Å². The predicted molar refractivity (Wildman–Crippen MR) is 146 cm³/mol. The maximum Gasteiger partial charge on any atom is 0.282 e. The van der Waals surface area contributed by atoms with Crippen molar-refractivity contribution in [2.75, 3.05) is 0 Å². The van der Waals surface area contributed by atoms with Gasteiger partial charge in [0.25, 0.3) is 11.2 Å². The highest BCUT2D eigenvalue weighted by Gasteiger charge is 2.22. The zero-order valence-electron chi connectivity index (χ0n) is 20.0. The normalized spacial score (nSPS) is 14.3. The molecular weight excluding hydrogens is 536 g/mol. The number of halogens is 1. The van der Waals surface area contributed by atoms with Gasteiger partial charge in [-0.15, -0.1) is 0 Å². The topological polar surface area (TPSA) is 99.6 Å². The van der Waals surface area contributed by atoms with Gasteiger partial charge in [-0.2, -0.15) is 9.78 Å². The number of ether oxygens (including phenoxy) is 1. The van der Waals surface area contributed by atoms with E-state index in [1.54, 1.807) is 30.5 Å². The van der Waals surface area contributed by atoms with E-state index in [2.05, 4.69) is 21.0 Å². The van der Waals surface area contributed by atoms with Gasteiger partial charge in [0, 0.05) is 28.1 Å². The highest BCUT2D eigenvalue weighted by atomic mass is 79.9. The van der Waals surface area contributed by atoms with Gasteiger partial charge in [0.15, 0.2) is 0 Å². The predicted octanol–water partition coefficient (Wildman–Crippen LogP) is 6.58. The number of rotatable bonds is 7. The van der Waals surface area contributed by atoms with Crippen LogP contribution in [0.1, 0.15) is 55.0 Å². The molecule has 4 aromatic rings. The Morgan fingerprint density at radius 2 is 1.89 bits per heavy atom. The zero-order valence-corrected chi connectivity index (χ0v) is 21.6. The minimum Gasteiger partial charge on any atom is -0.488 e. The SMILES string of the molecule is O=c1c2ccccc2nc(C2CCCCC2)n1N=Cc1cc(Br)ccc1OCc1cccc([N+](=O)[O-])c1. The van der Waals surface area contributed by atoms with Crippen molar-refractivity contribution in [1.82, 2.24) is 9.66 Å². The first-order chi connectivity index (χ1) is 18.0. The van der Waals surface area contributed by atoms with Crippen molar-refractivity contribution in [2.45, 2.75) is 44.6 Å². The average Bonchev–Trinajstić information content (AvgIpc) is 2.92. The van der Waals surface area contributed by atoms with Crippen LogP contribution in [-0.2, 0) is 6.61 Å². The molecule has 0 saturated heterocycles. The van der Waals surface area contributed by atoms with Crippen molar-refractivity contribution in [3.05, 3.63) is 109 Å². The number of aromatic nitrogens is 2. The van der Waals surface area contributed by atoms with Gasteiger partial charge in [0.2, 0.25) is 0 Å². The molecule has 1 aromatic heterocycles. The molecule has 0 spiro atoms. The van der Waals surface area contributed by atoms with Crippen LogP contribution in [0, 0.1) is 10.1 Å². The van der Waals surface area contributed by atoms with E-state index in [1.165, 1.54) is 23.2 Å². The van der Waals surface area contributed by atoms with Crippen LogP contribution in [0.4, 0.5) is 5.69 Å². The quantitative estimate of drug-likeness (QED) is 0.144. The Labute approximate surface area is 221 Å². The lowest BCUT2D eigenvalue weighted by Gasteiger charge is -2.22. The van der Waals surface area contributed by atoms with Crippen LogP contribution in [0.3, 0.4) is 0 Å². The molecule has 5 rings (SSSR count). The minimum absolute atomic E-state index is 0.0112. The van der Waals surface area contributed by atoms with Gasteiger partial charge in [-0.3, -0.25) is 14.9 Å². The van der Waals surface area contributed by atoms with Crippen LogP contribution in [-0.4, -0.2) is 20.8 Å². The summed E-state index contributed by atoms with van der Waals surface area (Å²) in [4.78, 5) is 29.0. The van der Waals surface area contributed by atoms with Crippen molar-refractivity contribution in [1.29, 1.82) is 0 Å². The van der Waals surface area contributed by atoms with Gasteiger partial charge in [-0.1, -0.05) is 59.5 Å². The van der Waals surface area contributed by atoms with Crippen LogP contribution in [0.15, 0.2) is 81.1 Å². The van der Waals surface area contributed by atoms with E-state index in [0.717, 1.165) is 30.2 Å². The van der Waals surface area contributed by atoms with E-state index in [4.69, 9.17) is 9.72 Å². The summed E-state index contributed by atoms with van der Waals surface area (Å²) in [6.07, 6.45) is 6.98. The number of para-hydroxylation sites is 1. The summed E-state index contributed by atoms with van der Waals surface area (Å²) in [5.41, 5.74) is 1.83. The second-order valence-corrected chi connectivity index (χ2v) is 10.00. The van der Waals surface area contributed by atoms with E-state index in [0.29, 0.717) is 33.6 Å². The maximum absolute atomic E-state index is 13.5. The summed E-state index contributed by atoms with van der Waals surface area (Å²) < 4.78 is 8.27. The average molecular weight is 561 g/mol. The van der Waals surface area contributed by atoms with Gasteiger partial charge >= 0.3 is 0 Å². The molecule has 8 nitrogen and oxygen atoms in total. The molecular formula is C28H25BrN4O4. The number of hydrogen-bond donors (Lipinski definition) is 0. The Hall–Kier alpha value is -3.85. The summed E-state index contributed by atoms with van der Waals surface area (Å²) >= 11 is 3.50. The minimum atomic E-state index is -0.430. The fourth-order valence-electron chi connectivity index (χ4n) is 4.67. The highest BCUT2D eigenvalue weighted by molar-refractivity contribution is 9.10. The highest BCUT2D eigenvalue weighted by Crippen LogP contribution is 2.32. The van der Waals surface area contributed by atoms with Crippen LogP contribution in [0.5, 0.6) is 5.75 Å². The number of nitro benzene ring substituents is 1. The molecule has 1 aliphatic rings. The van der Waals surface area contributed by atoms with Gasteiger partial charge in [0.05, 0.1) is 22.0 Å². The number of benzene rings is 3. The molecule has 0 atom stereocenters. The molecule has 9 heteroatoms. The van der Waals surface area contributed by atoms with E-state index in [-0.39, 0.29) is 23.8 Å². The largest absolute Gasteiger partial charge is 0.488 e. The van der Waals surface area contributed by atoms with Gasteiger partial charge < -0.3 is 4.74 Å². The standard InChI is InChI=1S/C28H25BrN4O4/c29-22-13-14-26(37-18-19-7-6-10-23(15-19)33(35)36)21(16-22)17-30-32-27(20-8-2-1-3-9-20)31-25-12-5-4-11-24(25)28(32)34/h4-7,10-17,20H,1-3,8-9,18H2. The third-order valence-electron chi connectivity index (χ3n) is 6.55. The summed E-state index contributed by atoms with van der Waals surface area (Å²) in [5.74, 6) is 1.41. The first kappa shape index (κ1) is 24.8. The molecule has 0 aliphatic heterocycles. The second-order valence-electron chi connectivity index (χ2n) is 9.08. The summed E-state index contributed by atoms with van der Waals surface area (Å²) in [6, 6.07) is 19.2. The fraction of sp³-hybridized carbons (Fsp3) is 0.250. The van der Waals surface area contributed by atoms with Crippen molar-refractivity contribution >= 4 is 38.7 Å². The monoisotopic (exact) mass is 560 g/mol.